The Balaban J connectivity index is 1.98. The van der Waals surface area contributed by atoms with Crippen LogP contribution in [0.3, 0.4) is 0 Å². The Kier molecular flexibility index (Phi) is 4.57. The lowest BCUT2D eigenvalue weighted by Gasteiger charge is -2.06. The van der Waals surface area contributed by atoms with Gasteiger partial charge < -0.3 is 14.8 Å². The molecule has 1 heterocycles. The van der Waals surface area contributed by atoms with E-state index in [9.17, 15) is 9.59 Å². The molecule has 2 N–H and O–H groups in total. The summed E-state index contributed by atoms with van der Waals surface area (Å²) in [5.74, 6) is -0.506. The molecule has 20 heavy (non-hydrogen) atoms. The van der Waals surface area contributed by atoms with Crippen LogP contribution in [0.25, 0.3) is 0 Å². The number of carboxylic acid groups (broad SMARTS) is 1. The van der Waals surface area contributed by atoms with Gasteiger partial charge in [0.25, 0.3) is 0 Å². The van der Waals surface area contributed by atoms with E-state index in [4.69, 9.17) is 9.52 Å². The molecule has 0 aliphatic heterocycles. The predicted molar refractivity (Wildman–Crippen MR) is 76.8 cm³/mol. The first kappa shape index (κ1) is 14.3. The summed E-state index contributed by atoms with van der Waals surface area (Å²) in [4.78, 5) is 22.7. The molecule has 0 bridgehead atoms. The molecule has 0 saturated heterocycles. The molecule has 2 rings (SSSR count). The number of halogens is 1. The number of carbonyl (C=O) groups is 2. The Morgan fingerprint density at radius 3 is 2.75 bits per heavy atom. The van der Waals surface area contributed by atoms with E-state index >= 15 is 0 Å². The van der Waals surface area contributed by atoms with Crippen molar-refractivity contribution in [1.29, 1.82) is 0 Å². The van der Waals surface area contributed by atoms with E-state index in [1.165, 1.54) is 12.1 Å². The number of carboxylic acids is 1. The summed E-state index contributed by atoms with van der Waals surface area (Å²) in [6.07, 6.45) is 2.32. The number of anilines is 1. The third kappa shape index (κ3) is 3.96. The summed E-state index contributed by atoms with van der Waals surface area (Å²) < 4.78 is 5.73. The van der Waals surface area contributed by atoms with Gasteiger partial charge in [0, 0.05) is 23.0 Å². The van der Waals surface area contributed by atoms with Gasteiger partial charge in [0.15, 0.2) is 0 Å². The molecule has 0 aliphatic carbocycles. The van der Waals surface area contributed by atoms with E-state index in [2.05, 4.69) is 21.2 Å². The lowest BCUT2D eigenvalue weighted by atomic mass is 10.2. The van der Waals surface area contributed by atoms with Gasteiger partial charge in [-0.3, -0.25) is 4.79 Å². The van der Waals surface area contributed by atoms with Crippen LogP contribution >= 0.6 is 15.9 Å². The van der Waals surface area contributed by atoms with Gasteiger partial charge in [-0.2, -0.15) is 0 Å². The maximum absolute atomic E-state index is 11.8. The highest BCUT2D eigenvalue weighted by Gasteiger charge is 2.09. The number of furan rings is 1. The van der Waals surface area contributed by atoms with Crippen LogP contribution in [-0.4, -0.2) is 17.0 Å². The van der Waals surface area contributed by atoms with E-state index in [0.29, 0.717) is 16.6 Å². The highest BCUT2D eigenvalue weighted by molar-refractivity contribution is 9.10. The van der Waals surface area contributed by atoms with E-state index in [1.54, 1.807) is 24.5 Å². The topological polar surface area (TPSA) is 79.5 Å². The van der Waals surface area contributed by atoms with Crippen molar-refractivity contribution in [2.45, 2.75) is 12.8 Å². The Bertz CT molecular complexity index is 622. The molecule has 0 radical (unpaired) electrons. The smallest absolute Gasteiger partial charge is 0.335 e. The summed E-state index contributed by atoms with van der Waals surface area (Å²) in [5, 5.41) is 11.6. The SMILES string of the molecule is O=C(CCc1ccco1)Nc1cc(Br)cc(C(=O)O)c1. The number of nitrogens with one attached hydrogen (secondary N) is 1. The normalized spacial score (nSPS) is 10.2. The van der Waals surface area contributed by atoms with Gasteiger partial charge in [0.2, 0.25) is 5.91 Å². The minimum Gasteiger partial charge on any atom is -0.478 e. The second kappa shape index (κ2) is 6.38. The lowest BCUT2D eigenvalue weighted by molar-refractivity contribution is -0.116. The number of amides is 1. The molecule has 6 heteroatoms. The number of hydrogen-bond donors (Lipinski definition) is 2. The van der Waals surface area contributed by atoms with E-state index in [0.717, 1.165) is 5.76 Å². The van der Waals surface area contributed by atoms with Crippen molar-refractivity contribution < 1.29 is 19.1 Å². The zero-order valence-electron chi connectivity index (χ0n) is 10.4. The van der Waals surface area contributed by atoms with E-state index in [-0.39, 0.29) is 17.9 Å². The van der Waals surface area contributed by atoms with Crippen LogP contribution in [0.4, 0.5) is 5.69 Å². The van der Waals surface area contributed by atoms with Crippen LogP contribution in [-0.2, 0) is 11.2 Å². The average molecular weight is 338 g/mol. The van der Waals surface area contributed by atoms with Gasteiger partial charge in [0.05, 0.1) is 11.8 Å². The quantitative estimate of drug-likeness (QED) is 0.877. The molecular formula is C14H12BrNO4. The van der Waals surface area contributed by atoms with Gasteiger partial charge in [-0.1, -0.05) is 15.9 Å². The predicted octanol–water partition coefficient (Wildman–Crippen LogP) is 3.31. The number of carbonyl (C=O) groups excluding carboxylic acids is 1. The van der Waals surface area contributed by atoms with Crippen molar-refractivity contribution >= 4 is 33.5 Å². The first-order valence-electron chi connectivity index (χ1n) is 5.91. The van der Waals surface area contributed by atoms with Crippen molar-refractivity contribution in [2.24, 2.45) is 0 Å². The van der Waals surface area contributed by atoms with Gasteiger partial charge in [-0.25, -0.2) is 4.79 Å². The lowest BCUT2D eigenvalue weighted by Crippen LogP contribution is -2.12. The fourth-order valence-electron chi connectivity index (χ4n) is 1.70. The van der Waals surface area contributed by atoms with Crippen molar-refractivity contribution in [3.8, 4) is 0 Å². The molecule has 0 unspecified atom stereocenters. The van der Waals surface area contributed by atoms with E-state index < -0.39 is 5.97 Å². The van der Waals surface area contributed by atoms with Crippen molar-refractivity contribution in [3.05, 3.63) is 52.4 Å². The average Bonchev–Trinajstić information content (AvgIpc) is 2.88. The Morgan fingerprint density at radius 2 is 2.10 bits per heavy atom. The molecule has 0 fully saturated rings. The standard InChI is InChI=1S/C14H12BrNO4/c15-10-6-9(14(18)19)7-11(8-10)16-13(17)4-3-12-2-1-5-20-12/h1-2,5-8H,3-4H2,(H,16,17)(H,18,19). The minimum absolute atomic E-state index is 0.112. The largest absolute Gasteiger partial charge is 0.478 e. The van der Waals surface area contributed by atoms with Gasteiger partial charge in [-0.05, 0) is 30.3 Å². The van der Waals surface area contributed by atoms with Gasteiger partial charge in [0.1, 0.15) is 5.76 Å². The highest BCUT2D eigenvalue weighted by Crippen LogP contribution is 2.20. The molecule has 0 saturated carbocycles. The summed E-state index contributed by atoms with van der Waals surface area (Å²) in [6, 6.07) is 8.10. The van der Waals surface area contributed by atoms with Gasteiger partial charge >= 0.3 is 5.97 Å². The highest BCUT2D eigenvalue weighted by atomic mass is 79.9. The van der Waals surface area contributed by atoms with Crippen molar-refractivity contribution in [2.75, 3.05) is 5.32 Å². The Hall–Kier alpha value is -2.08. The van der Waals surface area contributed by atoms with E-state index in [1.807, 2.05) is 0 Å². The summed E-state index contributed by atoms with van der Waals surface area (Å²) >= 11 is 3.21. The first-order chi connectivity index (χ1) is 9.54. The molecule has 1 amide bonds. The van der Waals surface area contributed by atoms with Crippen molar-refractivity contribution in [1.82, 2.24) is 0 Å². The molecule has 1 aromatic heterocycles. The summed E-state index contributed by atoms with van der Waals surface area (Å²) in [7, 11) is 0. The second-order valence-electron chi connectivity index (χ2n) is 4.16. The molecule has 0 atom stereocenters. The monoisotopic (exact) mass is 337 g/mol. The fourth-order valence-corrected chi connectivity index (χ4v) is 2.19. The van der Waals surface area contributed by atoms with Crippen LogP contribution in [0.5, 0.6) is 0 Å². The Labute approximate surface area is 123 Å². The van der Waals surface area contributed by atoms with Crippen LogP contribution in [0.15, 0.2) is 45.5 Å². The minimum atomic E-state index is -1.04. The zero-order chi connectivity index (χ0) is 14.5. The molecule has 104 valence electrons. The number of aromatic carboxylic acids is 1. The van der Waals surface area contributed by atoms with Crippen LogP contribution in [0, 0.1) is 0 Å². The number of rotatable bonds is 5. The summed E-state index contributed by atoms with van der Waals surface area (Å²) in [6.45, 7) is 0. The molecule has 1 aromatic carbocycles. The van der Waals surface area contributed by atoms with Gasteiger partial charge in [-0.15, -0.1) is 0 Å². The zero-order valence-corrected chi connectivity index (χ0v) is 12.0. The number of aryl methyl sites for hydroxylation is 1. The molecule has 0 aliphatic rings. The van der Waals surface area contributed by atoms with Crippen LogP contribution in [0.1, 0.15) is 22.5 Å². The molecule has 2 aromatic rings. The first-order valence-corrected chi connectivity index (χ1v) is 6.70. The molecule has 5 nitrogen and oxygen atoms in total. The molecule has 0 spiro atoms. The molecular weight excluding hydrogens is 326 g/mol. The Morgan fingerprint density at radius 1 is 1.30 bits per heavy atom. The summed E-state index contributed by atoms with van der Waals surface area (Å²) in [5.41, 5.74) is 0.557. The third-order valence-corrected chi connectivity index (χ3v) is 3.06. The van der Waals surface area contributed by atoms with Crippen LogP contribution in [0.2, 0.25) is 0 Å². The maximum Gasteiger partial charge on any atom is 0.335 e. The third-order valence-electron chi connectivity index (χ3n) is 2.61. The fraction of sp³-hybridized carbons (Fsp3) is 0.143. The maximum atomic E-state index is 11.8. The van der Waals surface area contributed by atoms with Crippen LogP contribution < -0.4 is 5.32 Å². The number of hydrogen-bond acceptors (Lipinski definition) is 3. The second-order valence-corrected chi connectivity index (χ2v) is 5.08. The number of benzene rings is 1. The van der Waals surface area contributed by atoms with Crippen molar-refractivity contribution in [3.63, 3.8) is 0 Å².